The summed E-state index contributed by atoms with van der Waals surface area (Å²) in [5.41, 5.74) is -0.735. The zero-order valence-corrected chi connectivity index (χ0v) is 18.8. The molecule has 0 amide bonds. The molecule has 0 rings (SSSR count). The van der Waals surface area contributed by atoms with Crippen molar-refractivity contribution >= 4 is 5.97 Å². The van der Waals surface area contributed by atoms with Crippen LogP contribution in [0.15, 0.2) is 0 Å². The summed E-state index contributed by atoms with van der Waals surface area (Å²) in [6.45, 7) is 9.24. The van der Waals surface area contributed by atoms with Gasteiger partial charge in [-0.2, -0.15) is 0 Å². The smallest absolute Gasteiger partial charge is 0.365 e. The van der Waals surface area contributed by atoms with E-state index >= 15 is 0 Å². The van der Waals surface area contributed by atoms with E-state index in [4.69, 9.17) is 0 Å². The molecular formula is C23H48NO2+. The minimum Gasteiger partial charge on any atom is -0.477 e. The van der Waals surface area contributed by atoms with Crippen LogP contribution in [0, 0.1) is 5.92 Å². The second kappa shape index (κ2) is 13.6. The molecule has 0 aliphatic rings. The minimum atomic E-state index is -0.735. The largest absolute Gasteiger partial charge is 0.477 e. The molecule has 1 N–H and O–H groups in total. The number of likely N-dealkylation sites (N-methyl/N-ethyl adjacent to an activating group) is 1. The first-order valence-electron chi connectivity index (χ1n) is 11.3. The number of rotatable bonds is 17. The van der Waals surface area contributed by atoms with E-state index in [1.807, 2.05) is 13.8 Å². The monoisotopic (exact) mass is 370 g/mol. The molecule has 3 heteroatoms. The molecular weight excluding hydrogens is 322 g/mol. The van der Waals surface area contributed by atoms with E-state index in [1.165, 1.54) is 83.5 Å². The maximum atomic E-state index is 11.7. The van der Waals surface area contributed by atoms with Gasteiger partial charge in [-0.15, -0.1) is 0 Å². The lowest BCUT2D eigenvalue weighted by molar-refractivity contribution is -0.931. The van der Waals surface area contributed by atoms with Gasteiger partial charge in [-0.3, -0.25) is 0 Å². The van der Waals surface area contributed by atoms with E-state index in [-0.39, 0.29) is 0 Å². The molecule has 0 bridgehead atoms. The Kier molecular flexibility index (Phi) is 13.3. The van der Waals surface area contributed by atoms with Gasteiger partial charge in [0.05, 0.1) is 20.6 Å². The number of nitrogens with zero attached hydrogens (tertiary/aromatic N) is 1. The Bertz CT molecular complexity index is 363. The van der Waals surface area contributed by atoms with Crippen LogP contribution in [0.3, 0.4) is 0 Å². The van der Waals surface area contributed by atoms with Gasteiger partial charge in [-0.1, -0.05) is 84.5 Å². The summed E-state index contributed by atoms with van der Waals surface area (Å²) in [6.07, 6.45) is 17.2. The van der Waals surface area contributed by atoms with Crippen LogP contribution >= 0.6 is 0 Å². The summed E-state index contributed by atoms with van der Waals surface area (Å²) in [5.74, 6) is -0.0415. The normalized spacial score (nSPS) is 13.8. The van der Waals surface area contributed by atoms with Crippen LogP contribution in [0.1, 0.15) is 111 Å². The molecule has 1 atom stereocenters. The van der Waals surface area contributed by atoms with E-state index < -0.39 is 11.5 Å². The molecule has 3 nitrogen and oxygen atoms in total. The highest BCUT2D eigenvalue weighted by molar-refractivity contribution is 5.76. The number of hydrogen-bond donors (Lipinski definition) is 1. The third kappa shape index (κ3) is 9.94. The van der Waals surface area contributed by atoms with Crippen LogP contribution in [0.5, 0.6) is 0 Å². The highest BCUT2D eigenvalue weighted by Gasteiger charge is 2.44. The van der Waals surface area contributed by atoms with E-state index in [9.17, 15) is 9.90 Å². The molecule has 0 aromatic heterocycles. The van der Waals surface area contributed by atoms with Crippen molar-refractivity contribution in [3.63, 3.8) is 0 Å². The van der Waals surface area contributed by atoms with Crippen molar-refractivity contribution in [3.05, 3.63) is 0 Å². The predicted molar refractivity (Wildman–Crippen MR) is 114 cm³/mol. The Balaban J connectivity index is 4.57. The molecule has 0 saturated carbocycles. The fraction of sp³-hybridized carbons (Fsp3) is 0.957. The van der Waals surface area contributed by atoms with Gasteiger partial charge in [-0.25, -0.2) is 4.79 Å². The van der Waals surface area contributed by atoms with Crippen molar-refractivity contribution in [3.8, 4) is 0 Å². The van der Waals surface area contributed by atoms with Gasteiger partial charge < -0.3 is 9.59 Å². The molecule has 0 spiro atoms. The number of quaternary nitrogens is 1. The Morgan fingerprint density at radius 2 is 1.19 bits per heavy atom. The number of carbonyl (C=O) groups is 1. The number of carboxylic acids is 1. The summed E-state index contributed by atoms with van der Waals surface area (Å²) < 4.78 is 0.567. The average molecular weight is 371 g/mol. The van der Waals surface area contributed by atoms with Gasteiger partial charge in [0.1, 0.15) is 0 Å². The summed E-state index contributed by atoms with van der Waals surface area (Å²) in [5, 5.41) is 9.64. The van der Waals surface area contributed by atoms with Crippen LogP contribution < -0.4 is 0 Å². The Morgan fingerprint density at radius 1 is 0.808 bits per heavy atom. The van der Waals surface area contributed by atoms with Crippen molar-refractivity contribution in [2.75, 3.05) is 20.6 Å². The Hall–Kier alpha value is -0.570. The molecule has 0 radical (unpaired) electrons. The van der Waals surface area contributed by atoms with Crippen LogP contribution in [-0.2, 0) is 4.79 Å². The van der Waals surface area contributed by atoms with Crippen molar-refractivity contribution in [2.24, 2.45) is 5.92 Å². The van der Waals surface area contributed by atoms with E-state index in [0.717, 1.165) is 6.54 Å². The first-order valence-corrected chi connectivity index (χ1v) is 11.3. The van der Waals surface area contributed by atoms with Gasteiger partial charge in [0.2, 0.25) is 0 Å². The van der Waals surface area contributed by atoms with Gasteiger partial charge in [0.15, 0.2) is 5.54 Å². The lowest BCUT2D eigenvalue weighted by Crippen LogP contribution is -2.62. The maximum absolute atomic E-state index is 11.7. The average Bonchev–Trinajstić information content (AvgIpc) is 2.56. The van der Waals surface area contributed by atoms with Crippen LogP contribution in [0.4, 0.5) is 0 Å². The third-order valence-electron chi connectivity index (χ3n) is 6.43. The molecule has 156 valence electrons. The number of carboxylic acid groups (broad SMARTS) is 1. The van der Waals surface area contributed by atoms with Crippen molar-refractivity contribution in [1.82, 2.24) is 0 Å². The lowest BCUT2D eigenvalue weighted by atomic mass is 9.90. The fourth-order valence-corrected chi connectivity index (χ4v) is 3.71. The third-order valence-corrected chi connectivity index (χ3v) is 6.43. The maximum Gasteiger partial charge on any atom is 0.365 e. The van der Waals surface area contributed by atoms with Gasteiger partial charge in [0.25, 0.3) is 0 Å². The first kappa shape index (κ1) is 25.4. The summed E-state index contributed by atoms with van der Waals surface area (Å²) in [4.78, 5) is 11.7. The van der Waals surface area contributed by atoms with Gasteiger partial charge >= 0.3 is 5.97 Å². The van der Waals surface area contributed by atoms with Crippen molar-refractivity contribution in [1.29, 1.82) is 0 Å². The van der Waals surface area contributed by atoms with Gasteiger partial charge in [-0.05, 0) is 12.8 Å². The van der Waals surface area contributed by atoms with Crippen LogP contribution in [0.2, 0.25) is 0 Å². The number of hydrogen-bond acceptors (Lipinski definition) is 1. The fourth-order valence-electron chi connectivity index (χ4n) is 3.71. The van der Waals surface area contributed by atoms with Gasteiger partial charge in [0, 0.05) is 19.8 Å². The van der Waals surface area contributed by atoms with Crippen molar-refractivity contribution in [2.45, 2.75) is 117 Å². The topological polar surface area (TPSA) is 37.3 Å². The Labute approximate surface area is 164 Å². The number of aliphatic carboxylic acids is 1. The van der Waals surface area contributed by atoms with Crippen molar-refractivity contribution < 1.29 is 14.4 Å². The standard InChI is InChI=1S/C23H47NO2/c1-7-9-11-13-15-17-19-21(18-16-14-12-10-8-2)20-24(5,6)23(3,4)22(25)26/h21H,7-20H2,1-6H3/p+1. The molecule has 0 aliphatic heterocycles. The summed E-state index contributed by atoms with van der Waals surface area (Å²) >= 11 is 0. The quantitative estimate of drug-likeness (QED) is 0.230. The molecule has 0 aromatic rings. The number of unbranched alkanes of at least 4 members (excludes halogenated alkanes) is 9. The second-order valence-corrected chi connectivity index (χ2v) is 9.36. The first-order chi connectivity index (χ1) is 12.2. The lowest BCUT2D eigenvalue weighted by Gasteiger charge is -2.43. The van der Waals surface area contributed by atoms with E-state index in [1.54, 1.807) is 0 Å². The molecule has 0 aliphatic carbocycles. The SMILES string of the molecule is CCCCCCCCC(CCCCCCC)C[N+](C)(C)C(C)(C)C(=O)O. The zero-order valence-electron chi connectivity index (χ0n) is 18.8. The molecule has 0 heterocycles. The highest BCUT2D eigenvalue weighted by atomic mass is 16.4. The highest BCUT2D eigenvalue weighted by Crippen LogP contribution is 2.27. The van der Waals surface area contributed by atoms with E-state index in [2.05, 4.69) is 27.9 Å². The molecule has 0 saturated heterocycles. The molecule has 0 fully saturated rings. The van der Waals surface area contributed by atoms with Crippen LogP contribution in [-0.4, -0.2) is 41.7 Å². The Morgan fingerprint density at radius 3 is 1.58 bits per heavy atom. The summed E-state index contributed by atoms with van der Waals surface area (Å²) in [7, 11) is 4.19. The molecule has 1 unspecified atom stereocenters. The van der Waals surface area contributed by atoms with E-state index in [0.29, 0.717) is 10.4 Å². The second-order valence-electron chi connectivity index (χ2n) is 9.36. The minimum absolute atomic E-state index is 0.567. The summed E-state index contributed by atoms with van der Waals surface area (Å²) in [6, 6.07) is 0. The zero-order chi connectivity index (χ0) is 20.1. The molecule has 26 heavy (non-hydrogen) atoms. The predicted octanol–water partition coefficient (Wildman–Crippen LogP) is 6.65. The van der Waals surface area contributed by atoms with Crippen LogP contribution in [0.25, 0.3) is 0 Å². The molecule has 0 aromatic carbocycles.